The normalized spacial score (nSPS) is 13.6. The van der Waals surface area contributed by atoms with Crippen LogP contribution in [0.2, 0.25) is 5.02 Å². The van der Waals surface area contributed by atoms with Gasteiger partial charge in [0, 0.05) is 5.02 Å². The summed E-state index contributed by atoms with van der Waals surface area (Å²) in [5.41, 5.74) is 6.85. The van der Waals surface area contributed by atoms with E-state index >= 15 is 0 Å². The molecule has 3 N–H and O–H groups in total. The molecule has 0 saturated carbocycles. The van der Waals surface area contributed by atoms with Crippen LogP contribution < -0.4 is 11.1 Å². The predicted octanol–water partition coefficient (Wildman–Crippen LogP) is 3.31. The molecule has 108 valence electrons. The molecule has 5 heteroatoms. The molecule has 0 aliphatic carbocycles. The molecule has 3 nitrogen and oxygen atoms in total. The molecule has 0 spiro atoms. The second-order valence-electron chi connectivity index (χ2n) is 5.02. The maximum absolute atomic E-state index is 11.9. The third-order valence-corrected chi connectivity index (χ3v) is 3.04. The molecule has 1 rings (SSSR count). The summed E-state index contributed by atoms with van der Waals surface area (Å²) in [5.74, 6) is 0.308. The van der Waals surface area contributed by atoms with Gasteiger partial charge in [-0.15, -0.1) is 12.4 Å². The summed E-state index contributed by atoms with van der Waals surface area (Å²) >= 11 is 5.82. The van der Waals surface area contributed by atoms with Crippen molar-refractivity contribution in [3.05, 3.63) is 34.9 Å². The van der Waals surface area contributed by atoms with Gasteiger partial charge < -0.3 is 11.1 Å². The Balaban J connectivity index is 0.00000324. The fraction of sp³-hybridized carbons (Fsp3) is 0.500. The molecular weight excluding hydrogens is 283 g/mol. The van der Waals surface area contributed by atoms with Crippen LogP contribution in [0.5, 0.6) is 0 Å². The minimum atomic E-state index is -0.445. The number of nitrogens with one attached hydrogen (secondary N) is 1. The van der Waals surface area contributed by atoms with Crippen molar-refractivity contribution in [2.45, 2.75) is 39.3 Å². The van der Waals surface area contributed by atoms with Crippen LogP contribution in [-0.2, 0) is 4.79 Å². The lowest BCUT2D eigenvalue weighted by atomic mass is 10.0. The maximum Gasteiger partial charge on any atom is 0.237 e. The average Bonchev–Trinajstić information content (AvgIpc) is 2.28. The van der Waals surface area contributed by atoms with Crippen molar-refractivity contribution in [2.24, 2.45) is 11.7 Å². The van der Waals surface area contributed by atoms with Gasteiger partial charge in [0.15, 0.2) is 0 Å². The monoisotopic (exact) mass is 304 g/mol. The second-order valence-corrected chi connectivity index (χ2v) is 5.45. The van der Waals surface area contributed by atoms with Crippen LogP contribution in [0.15, 0.2) is 24.3 Å². The van der Waals surface area contributed by atoms with E-state index in [1.807, 2.05) is 31.2 Å². The molecule has 0 radical (unpaired) electrons. The molecule has 0 bridgehead atoms. The lowest BCUT2D eigenvalue weighted by molar-refractivity contribution is -0.123. The van der Waals surface area contributed by atoms with E-state index in [0.29, 0.717) is 17.4 Å². The van der Waals surface area contributed by atoms with Gasteiger partial charge in [0.25, 0.3) is 0 Å². The first-order valence-corrected chi connectivity index (χ1v) is 6.59. The standard InChI is InChI=1S/C14H21ClN2O.ClH/c1-9(2)8-13(16)14(18)17-10(3)11-4-6-12(15)7-5-11;/h4-7,9-10,13H,8,16H2,1-3H3,(H,17,18);1H/t10?,13-;/m0./s1. The van der Waals surface area contributed by atoms with Gasteiger partial charge in [0.2, 0.25) is 5.91 Å². The van der Waals surface area contributed by atoms with Gasteiger partial charge in [-0.1, -0.05) is 37.6 Å². The summed E-state index contributed by atoms with van der Waals surface area (Å²) in [4.78, 5) is 11.9. The number of nitrogens with two attached hydrogens (primary N) is 1. The zero-order chi connectivity index (χ0) is 13.7. The van der Waals surface area contributed by atoms with E-state index in [1.54, 1.807) is 0 Å². The Labute approximate surface area is 126 Å². The fourth-order valence-corrected chi connectivity index (χ4v) is 1.90. The molecule has 2 atom stereocenters. The van der Waals surface area contributed by atoms with Crippen molar-refractivity contribution in [1.29, 1.82) is 0 Å². The minimum absolute atomic E-state index is 0. The highest BCUT2D eigenvalue weighted by molar-refractivity contribution is 6.30. The number of carbonyl (C=O) groups excluding carboxylic acids is 1. The van der Waals surface area contributed by atoms with Crippen molar-refractivity contribution in [2.75, 3.05) is 0 Å². The van der Waals surface area contributed by atoms with Crippen LogP contribution in [-0.4, -0.2) is 11.9 Å². The SMILES string of the molecule is CC(C)C[C@H](N)C(=O)NC(C)c1ccc(Cl)cc1.Cl. The molecular formula is C14H22Cl2N2O. The van der Waals surface area contributed by atoms with Crippen molar-refractivity contribution in [3.63, 3.8) is 0 Å². The van der Waals surface area contributed by atoms with Gasteiger partial charge in [-0.25, -0.2) is 0 Å². The van der Waals surface area contributed by atoms with Crippen molar-refractivity contribution < 1.29 is 4.79 Å². The van der Waals surface area contributed by atoms with E-state index in [1.165, 1.54) is 0 Å². The molecule has 19 heavy (non-hydrogen) atoms. The summed E-state index contributed by atoms with van der Waals surface area (Å²) < 4.78 is 0. The summed E-state index contributed by atoms with van der Waals surface area (Å²) in [6, 6.07) is 6.93. The molecule has 0 aliphatic rings. The molecule has 1 aromatic carbocycles. The first kappa shape index (κ1) is 18.2. The highest BCUT2D eigenvalue weighted by atomic mass is 35.5. The highest BCUT2D eigenvalue weighted by Crippen LogP contribution is 2.16. The Hall–Kier alpha value is -0.770. The Bertz CT molecular complexity index is 393. The average molecular weight is 305 g/mol. The number of rotatable bonds is 5. The molecule has 0 aliphatic heterocycles. The number of halogens is 2. The Kier molecular flexibility index (Phi) is 8.07. The second kappa shape index (κ2) is 8.41. The first-order chi connectivity index (χ1) is 8.40. The van der Waals surface area contributed by atoms with Crippen LogP contribution >= 0.6 is 24.0 Å². The number of amides is 1. The van der Waals surface area contributed by atoms with Gasteiger partial charge in [-0.2, -0.15) is 0 Å². The summed E-state index contributed by atoms with van der Waals surface area (Å²) in [5, 5.41) is 3.60. The van der Waals surface area contributed by atoms with Gasteiger partial charge in [-0.3, -0.25) is 4.79 Å². The van der Waals surface area contributed by atoms with Crippen LogP contribution in [0.3, 0.4) is 0 Å². The molecule has 1 unspecified atom stereocenters. The van der Waals surface area contributed by atoms with Crippen LogP contribution in [0.25, 0.3) is 0 Å². The van der Waals surface area contributed by atoms with E-state index in [0.717, 1.165) is 5.56 Å². The zero-order valence-electron chi connectivity index (χ0n) is 11.5. The predicted molar refractivity (Wildman–Crippen MR) is 82.7 cm³/mol. The number of hydrogen-bond donors (Lipinski definition) is 2. The molecule has 0 aromatic heterocycles. The lowest BCUT2D eigenvalue weighted by Crippen LogP contribution is -2.42. The van der Waals surface area contributed by atoms with E-state index in [2.05, 4.69) is 19.2 Å². The highest BCUT2D eigenvalue weighted by Gasteiger charge is 2.17. The summed E-state index contributed by atoms with van der Waals surface area (Å²) in [7, 11) is 0. The van der Waals surface area contributed by atoms with E-state index in [-0.39, 0.29) is 24.4 Å². The van der Waals surface area contributed by atoms with E-state index in [9.17, 15) is 4.79 Å². The molecule has 0 saturated heterocycles. The minimum Gasteiger partial charge on any atom is -0.348 e. The van der Waals surface area contributed by atoms with Crippen molar-refractivity contribution in [1.82, 2.24) is 5.32 Å². The van der Waals surface area contributed by atoms with Gasteiger partial charge in [-0.05, 0) is 37.0 Å². The van der Waals surface area contributed by atoms with Gasteiger partial charge >= 0.3 is 0 Å². The van der Waals surface area contributed by atoms with Crippen LogP contribution in [0.1, 0.15) is 38.8 Å². The van der Waals surface area contributed by atoms with E-state index in [4.69, 9.17) is 17.3 Å². The third kappa shape index (κ3) is 6.28. The Morgan fingerprint density at radius 2 is 1.79 bits per heavy atom. The molecule has 0 heterocycles. The van der Waals surface area contributed by atoms with E-state index < -0.39 is 6.04 Å². The lowest BCUT2D eigenvalue weighted by Gasteiger charge is -2.19. The van der Waals surface area contributed by atoms with Gasteiger partial charge in [0.1, 0.15) is 0 Å². The smallest absolute Gasteiger partial charge is 0.237 e. The Morgan fingerprint density at radius 1 is 1.26 bits per heavy atom. The van der Waals surface area contributed by atoms with Crippen molar-refractivity contribution in [3.8, 4) is 0 Å². The van der Waals surface area contributed by atoms with Crippen LogP contribution in [0, 0.1) is 5.92 Å². The maximum atomic E-state index is 11.9. The topological polar surface area (TPSA) is 55.1 Å². The van der Waals surface area contributed by atoms with Gasteiger partial charge in [0.05, 0.1) is 12.1 Å². The first-order valence-electron chi connectivity index (χ1n) is 6.21. The molecule has 1 amide bonds. The summed E-state index contributed by atoms with van der Waals surface area (Å²) in [6.45, 7) is 6.04. The van der Waals surface area contributed by atoms with Crippen molar-refractivity contribution >= 4 is 29.9 Å². The Morgan fingerprint density at radius 3 is 2.26 bits per heavy atom. The number of benzene rings is 1. The largest absolute Gasteiger partial charge is 0.348 e. The fourth-order valence-electron chi connectivity index (χ4n) is 1.77. The quantitative estimate of drug-likeness (QED) is 0.877. The summed E-state index contributed by atoms with van der Waals surface area (Å²) in [6.07, 6.45) is 0.694. The third-order valence-electron chi connectivity index (χ3n) is 2.79. The van der Waals surface area contributed by atoms with Crippen LogP contribution in [0.4, 0.5) is 0 Å². The zero-order valence-corrected chi connectivity index (χ0v) is 13.1. The number of hydrogen-bond acceptors (Lipinski definition) is 2. The molecule has 0 fully saturated rings. The number of carbonyl (C=O) groups is 1. The molecule has 1 aromatic rings.